The number of nitrogens with zero attached hydrogens (tertiary/aromatic N) is 4. The van der Waals surface area contributed by atoms with Crippen LogP contribution in [0.3, 0.4) is 0 Å². The summed E-state index contributed by atoms with van der Waals surface area (Å²) in [5.41, 5.74) is 0.00423. The van der Waals surface area contributed by atoms with Crippen molar-refractivity contribution in [3.63, 3.8) is 0 Å². The molecule has 2 aliphatic rings. The molecule has 3 heterocycles. The zero-order chi connectivity index (χ0) is 26.0. The lowest BCUT2D eigenvalue weighted by atomic mass is 10.1. The maximum Gasteiger partial charge on any atom is 0.296 e. The topological polar surface area (TPSA) is 117 Å². The van der Waals surface area contributed by atoms with Gasteiger partial charge in [0, 0.05) is 32.9 Å². The number of benzene rings is 1. The van der Waals surface area contributed by atoms with Crippen molar-refractivity contribution in [2.75, 3.05) is 38.8 Å². The molecule has 0 aliphatic carbocycles. The first-order chi connectivity index (χ1) is 17.2. The molecule has 0 radical (unpaired) electrons. The summed E-state index contributed by atoms with van der Waals surface area (Å²) in [4.78, 5) is 47.0. The number of ether oxygens (including phenoxy) is 1. The van der Waals surface area contributed by atoms with Crippen molar-refractivity contribution >= 4 is 17.5 Å². The second kappa shape index (κ2) is 10.5. The fourth-order valence-corrected chi connectivity index (χ4v) is 4.48. The minimum atomic E-state index is -0.776. The summed E-state index contributed by atoms with van der Waals surface area (Å²) in [6.07, 6.45) is 4.20. The summed E-state index contributed by atoms with van der Waals surface area (Å²) in [6.45, 7) is 2.67. The number of carbonyl (C=O) groups excluding carboxylic acids is 2. The third-order valence-corrected chi connectivity index (χ3v) is 6.66. The third-order valence-electron chi connectivity index (χ3n) is 6.66. The Balaban J connectivity index is 1.85. The number of hydrogen-bond donors (Lipinski definition) is 2. The fourth-order valence-electron chi connectivity index (χ4n) is 4.48. The SMILES string of the molecule is CC[C@H]1COCC2c3nc(c(O)c(=O)n31)C(=O)NCc1ccc(F)cc1N(C)CC/C=C/C(=O)N2C. The van der Waals surface area contributed by atoms with E-state index in [2.05, 4.69) is 10.3 Å². The van der Waals surface area contributed by atoms with Crippen LogP contribution in [0.25, 0.3) is 0 Å². The van der Waals surface area contributed by atoms with Crippen LogP contribution in [0.2, 0.25) is 0 Å². The molecule has 2 aromatic rings. The van der Waals surface area contributed by atoms with Gasteiger partial charge in [-0.15, -0.1) is 0 Å². The van der Waals surface area contributed by atoms with E-state index in [1.807, 2.05) is 11.8 Å². The predicted octanol–water partition coefficient (Wildman–Crippen LogP) is 1.89. The Morgan fingerprint density at radius 1 is 1.22 bits per heavy atom. The van der Waals surface area contributed by atoms with E-state index in [4.69, 9.17) is 4.74 Å². The summed E-state index contributed by atoms with van der Waals surface area (Å²) >= 11 is 0. The molecule has 192 valence electrons. The van der Waals surface area contributed by atoms with Gasteiger partial charge < -0.3 is 25.0 Å². The Morgan fingerprint density at radius 2 is 2.00 bits per heavy atom. The molecular weight excluding hydrogens is 469 g/mol. The van der Waals surface area contributed by atoms with Crippen LogP contribution in [0.4, 0.5) is 10.1 Å². The summed E-state index contributed by atoms with van der Waals surface area (Å²) in [6, 6.07) is 3.06. The predicted molar refractivity (Wildman–Crippen MR) is 130 cm³/mol. The van der Waals surface area contributed by atoms with Crippen molar-refractivity contribution in [2.45, 2.75) is 38.4 Å². The van der Waals surface area contributed by atoms with Crippen molar-refractivity contribution in [1.82, 2.24) is 19.8 Å². The number of halogens is 1. The van der Waals surface area contributed by atoms with Gasteiger partial charge in [0.2, 0.25) is 11.7 Å². The number of rotatable bonds is 1. The zero-order valence-electron chi connectivity index (χ0n) is 20.5. The van der Waals surface area contributed by atoms with Crippen LogP contribution in [0.5, 0.6) is 5.75 Å². The Kier molecular flexibility index (Phi) is 7.39. The molecule has 4 rings (SSSR count). The second-order valence-corrected chi connectivity index (χ2v) is 8.98. The van der Waals surface area contributed by atoms with E-state index in [0.29, 0.717) is 30.6 Å². The molecule has 0 saturated carbocycles. The maximum atomic E-state index is 14.0. The summed E-state index contributed by atoms with van der Waals surface area (Å²) in [5, 5.41) is 13.4. The first-order valence-corrected chi connectivity index (χ1v) is 11.9. The summed E-state index contributed by atoms with van der Waals surface area (Å²) < 4.78 is 21.1. The number of nitrogens with one attached hydrogen (secondary N) is 1. The molecule has 0 spiro atoms. The molecule has 2 aliphatic heterocycles. The number of amides is 2. The number of carbonyl (C=O) groups is 2. The van der Waals surface area contributed by atoms with Crippen LogP contribution in [0, 0.1) is 5.82 Å². The van der Waals surface area contributed by atoms with Crippen molar-refractivity contribution in [3.05, 3.63) is 63.6 Å². The number of fused-ring (bicyclic) bond motifs is 2. The Labute approximate surface area is 208 Å². The fraction of sp³-hybridized carbons (Fsp3) is 0.440. The minimum absolute atomic E-state index is 0.0245. The van der Waals surface area contributed by atoms with Gasteiger partial charge in [0.25, 0.3) is 11.5 Å². The molecule has 2 atom stereocenters. The molecular formula is C25H30FN5O5. The average molecular weight is 500 g/mol. The van der Waals surface area contributed by atoms with Gasteiger partial charge in [-0.05, 0) is 36.6 Å². The molecule has 2 amide bonds. The first kappa shape index (κ1) is 25.4. The first-order valence-electron chi connectivity index (χ1n) is 11.9. The van der Waals surface area contributed by atoms with E-state index < -0.39 is 40.8 Å². The van der Waals surface area contributed by atoms with Crippen molar-refractivity contribution in [1.29, 1.82) is 0 Å². The normalized spacial score (nSPS) is 22.0. The highest BCUT2D eigenvalue weighted by Crippen LogP contribution is 2.28. The van der Waals surface area contributed by atoms with E-state index in [-0.39, 0.29) is 31.5 Å². The molecule has 2 N–H and O–H groups in total. The number of hydrogen-bond acceptors (Lipinski definition) is 7. The number of aromatic hydroxyl groups is 1. The monoisotopic (exact) mass is 499 g/mol. The van der Waals surface area contributed by atoms with Gasteiger partial charge in [0.15, 0.2) is 5.69 Å². The van der Waals surface area contributed by atoms with Crippen LogP contribution >= 0.6 is 0 Å². The Hall–Kier alpha value is -3.73. The van der Waals surface area contributed by atoms with E-state index in [9.17, 15) is 23.9 Å². The lowest BCUT2D eigenvalue weighted by Crippen LogP contribution is -2.39. The van der Waals surface area contributed by atoms with Crippen molar-refractivity contribution in [2.24, 2.45) is 0 Å². The molecule has 11 heteroatoms. The van der Waals surface area contributed by atoms with Gasteiger partial charge in [0.05, 0.1) is 19.3 Å². The van der Waals surface area contributed by atoms with E-state index in [1.54, 1.807) is 26.2 Å². The van der Waals surface area contributed by atoms with Gasteiger partial charge in [0.1, 0.15) is 17.7 Å². The smallest absolute Gasteiger partial charge is 0.296 e. The quantitative estimate of drug-likeness (QED) is 0.616. The second-order valence-electron chi connectivity index (χ2n) is 8.98. The standard InChI is InChI=1S/C25H30FN5O5/c1-4-17-13-36-14-19-23-28-21(22(33)25(35)31(17)23)24(34)27-12-15-8-9-16(26)11-18(15)29(2)10-6-5-7-20(32)30(19)3/h5,7-9,11,17,19,33H,4,6,10,12-14H2,1-3H3,(H,27,34)/b7-5+/t17-,19?/m0/s1. The number of aromatic nitrogens is 2. The molecule has 0 saturated heterocycles. The molecule has 1 unspecified atom stereocenters. The van der Waals surface area contributed by atoms with Gasteiger partial charge in [-0.25, -0.2) is 9.37 Å². The van der Waals surface area contributed by atoms with Crippen LogP contribution in [0.15, 0.2) is 35.1 Å². The number of likely N-dealkylation sites (N-methyl/N-ethyl adjacent to an activating group) is 1. The van der Waals surface area contributed by atoms with E-state index in [0.717, 1.165) is 0 Å². The molecule has 36 heavy (non-hydrogen) atoms. The maximum absolute atomic E-state index is 14.0. The van der Waals surface area contributed by atoms with E-state index >= 15 is 0 Å². The Morgan fingerprint density at radius 3 is 2.75 bits per heavy atom. The highest BCUT2D eigenvalue weighted by atomic mass is 19.1. The summed E-state index contributed by atoms with van der Waals surface area (Å²) in [5.74, 6) is -2.12. The average Bonchev–Trinajstić information content (AvgIpc) is 3.05. The molecule has 1 aromatic heterocycles. The summed E-state index contributed by atoms with van der Waals surface area (Å²) in [7, 11) is 3.36. The molecule has 10 nitrogen and oxygen atoms in total. The molecule has 2 bridgehead atoms. The van der Waals surface area contributed by atoms with Gasteiger partial charge in [-0.2, -0.15) is 0 Å². The number of anilines is 1. The molecule has 1 aromatic carbocycles. The van der Waals surface area contributed by atoms with Crippen LogP contribution in [-0.2, 0) is 16.1 Å². The zero-order valence-corrected chi connectivity index (χ0v) is 20.5. The Bertz CT molecular complexity index is 1260. The van der Waals surface area contributed by atoms with E-state index in [1.165, 1.54) is 27.7 Å². The highest BCUT2D eigenvalue weighted by Gasteiger charge is 2.34. The van der Waals surface area contributed by atoms with Crippen LogP contribution in [-0.4, -0.2) is 65.2 Å². The van der Waals surface area contributed by atoms with Crippen LogP contribution < -0.4 is 15.8 Å². The third kappa shape index (κ3) is 4.83. The highest BCUT2D eigenvalue weighted by molar-refractivity contribution is 5.94. The van der Waals surface area contributed by atoms with Crippen molar-refractivity contribution < 1.29 is 23.8 Å². The largest absolute Gasteiger partial charge is 0.501 e. The van der Waals surface area contributed by atoms with Crippen molar-refractivity contribution in [3.8, 4) is 5.75 Å². The van der Waals surface area contributed by atoms with Crippen LogP contribution in [0.1, 0.15) is 53.7 Å². The lowest BCUT2D eigenvalue weighted by molar-refractivity contribution is -0.128. The van der Waals surface area contributed by atoms with Gasteiger partial charge >= 0.3 is 0 Å². The van der Waals surface area contributed by atoms with Gasteiger partial charge in [-0.1, -0.05) is 19.1 Å². The lowest BCUT2D eigenvalue weighted by Gasteiger charge is -2.28. The minimum Gasteiger partial charge on any atom is -0.501 e. The molecule has 0 fully saturated rings. The van der Waals surface area contributed by atoms with Gasteiger partial charge in [-0.3, -0.25) is 19.0 Å².